The quantitative estimate of drug-likeness (QED) is 0.259. The van der Waals surface area contributed by atoms with Gasteiger partial charge >= 0.3 is 5.97 Å². The Balaban J connectivity index is 1.80. The number of carbonyl (C=O) groups is 4. The lowest BCUT2D eigenvalue weighted by molar-refractivity contribution is -0.157. The SMILES string of the molecule is CC(C)[C@@H]1NC(=O)C(C)(C(C)C[Si](C)(C)C(C)(C)C)/C=C/c2ccc3ccc(nc3c2)[C@@H](C)OC(=O)[C@@H]2CCCN(N2)C(=O)[C@H](C)NC1=O. The molecule has 5 bridgehead atoms. The van der Waals surface area contributed by atoms with E-state index in [9.17, 15) is 19.2 Å². The first kappa shape index (κ1) is 38.2. The highest BCUT2D eigenvalue weighted by Crippen LogP contribution is 2.45. The van der Waals surface area contributed by atoms with Crippen molar-refractivity contribution in [1.82, 2.24) is 26.1 Å². The molecular formula is C38H57N5O5Si. The molecule has 2 aromatic rings. The summed E-state index contributed by atoms with van der Waals surface area (Å²) in [6.45, 7) is 23.2. The third-order valence-corrected chi connectivity index (χ3v) is 16.8. The van der Waals surface area contributed by atoms with E-state index >= 15 is 0 Å². The number of hydrogen-bond acceptors (Lipinski definition) is 7. The van der Waals surface area contributed by atoms with Gasteiger partial charge in [0.25, 0.3) is 5.91 Å². The van der Waals surface area contributed by atoms with Crippen molar-refractivity contribution in [1.29, 1.82) is 0 Å². The summed E-state index contributed by atoms with van der Waals surface area (Å²) in [6, 6.07) is 8.20. The average molecular weight is 692 g/mol. The number of nitrogens with one attached hydrogen (secondary N) is 3. The number of pyridine rings is 1. The number of benzene rings is 1. The zero-order valence-electron chi connectivity index (χ0n) is 31.3. The standard InChI is InChI=1S/C38H57N5O5Si/c1-23(2)32-33(44)39-25(4)34(45)43-20-12-13-30(42-43)35(46)48-26(5)29-17-16-28-15-14-27(21-31(28)40-29)18-19-38(9,36(47)41-32)24(3)22-49(10,11)37(6,7)8/h14-19,21,23-26,30,32,42H,12-13,20,22H2,1-11H3,(H,39,44)(H,41,47)/b19-18+/t24?,25-,26+,30-,32-,38?/m0/s1. The molecule has 11 heteroatoms. The molecule has 0 aliphatic carbocycles. The number of cyclic esters (lactones) is 1. The molecular weight excluding hydrogens is 635 g/mol. The first-order valence-electron chi connectivity index (χ1n) is 17.7. The van der Waals surface area contributed by atoms with Crippen molar-refractivity contribution in [3.63, 3.8) is 0 Å². The molecule has 3 amide bonds. The summed E-state index contributed by atoms with van der Waals surface area (Å²) in [4.78, 5) is 59.8. The van der Waals surface area contributed by atoms with E-state index in [-0.39, 0.29) is 28.7 Å². The molecule has 1 aromatic heterocycles. The van der Waals surface area contributed by atoms with Crippen LogP contribution in [-0.4, -0.2) is 66.4 Å². The second kappa shape index (κ2) is 14.7. The van der Waals surface area contributed by atoms with Crippen LogP contribution in [-0.2, 0) is 23.9 Å². The molecule has 3 N–H and O–H groups in total. The molecule has 1 aromatic carbocycles. The molecule has 268 valence electrons. The first-order chi connectivity index (χ1) is 22.7. The number of nitrogens with zero attached hydrogens (tertiary/aromatic N) is 2. The summed E-state index contributed by atoms with van der Waals surface area (Å²) in [5, 5.41) is 8.38. The van der Waals surface area contributed by atoms with Gasteiger partial charge in [0.2, 0.25) is 11.8 Å². The van der Waals surface area contributed by atoms with Crippen molar-refractivity contribution in [2.24, 2.45) is 17.3 Å². The van der Waals surface area contributed by atoms with E-state index in [1.807, 2.05) is 63.3 Å². The molecule has 2 aliphatic rings. The molecule has 0 saturated carbocycles. The highest BCUT2D eigenvalue weighted by atomic mass is 28.3. The lowest BCUT2D eigenvalue weighted by Gasteiger charge is -2.43. The number of rotatable bonds is 4. The van der Waals surface area contributed by atoms with Crippen LogP contribution in [0.2, 0.25) is 24.2 Å². The summed E-state index contributed by atoms with van der Waals surface area (Å²) in [5.74, 6) is -1.80. The molecule has 0 spiro atoms. The molecule has 1 fully saturated rings. The van der Waals surface area contributed by atoms with Gasteiger partial charge in [-0.2, -0.15) is 0 Å². The third kappa shape index (κ3) is 8.60. The fraction of sp³-hybridized carbons (Fsp3) is 0.605. The van der Waals surface area contributed by atoms with Gasteiger partial charge in [0.05, 0.1) is 24.7 Å². The Kier molecular flexibility index (Phi) is 11.5. The highest BCUT2D eigenvalue weighted by molar-refractivity contribution is 6.80. The second-order valence-electron chi connectivity index (χ2n) is 16.4. The van der Waals surface area contributed by atoms with Crippen LogP contribution in [0.25, 0.3) is 17.0 Å². The molecule has 10 nitrogen and oxygen atoms in total. The maximum Gasteiger partial charge on any atom is 0.325 e. The van der Waals surface area contributed by atoms with Crippen molar-refractivity contribution in [3.8, 4) is 0 Å². The summed E-state index contributed by atoms with van der Waals surface area (Å²) in [5.41, 5.74) is 4.29. The molecule has 6 atom stereocenters. The van der Waals surface area contributed by atoms with Crippen molar-refractivity contribution in [2.45, 2.75) is 124 Å². The monoisotopic (exact) mass is 691 g/mol. The molecule has 1 saturated heterocycles. The number of hydrogen-bond donors (Lipinski definition) is 3. The zero-order valence-corrected chi connectivity index (χ0v) is 32.3. The van der Waals surface area contributed by atoms with Crippen LogP contribution in [0.1, 0.15) is 92.5 Å². The van der Waals surface area contributed by atoms with E-state index in [4.69, 9.17) is 9.72 Å². The number of amides is 3. The molecule has 0 radical (unpaired) electrons. The summed E-state index contributed by atoms with van der Waals surface area (Å²) in [7, 11) is -1.81. The Morgan fingerprint density at radius 1 is 1.04 bits per heavy atom. The number of hydrazine groups is 1. The maximum absolute atomic E-state index is 14.5. The van der Waals surface area contributed by atoms with Gasteiger partial charge in [-0.15, -0.1) is 0 Å². The minimum Gasteiger partial charge on any atom is -0.455 e. The van der Waals surface area contributed by atoms with Crippen LogP contribution in [0.3, 0.4) is 0 Å². The van der Waals surface area contributed by atoms with Crippen molar-refractivity contribution in [2.75, 3.05) is 6.54 Å². The minimum absolute atomic E-state index is 0.0403. The van der Waals surface area contributed by atoms with Gasteiger partial charge in [-0.05, 0) is 68.2 Å². The molecule has 49 heavy (non-hydrogen) atoms. The number of fused-ring (bicyclic) bond motifs is 4. The average Bonchev–Trinajstić information content (AvgIpc) is 3.03. The number of aromatic nitrogens is 1. The van der Waals surface area contributed by atoms with Crippen LogP contribution < -0.4 is 16.1 Å². The molecule has 3 heterocycles. The molecule has 2 aliphatic heterocycles. The fourth-order valence-electron chi connectivity index (χ4n) is 6.36. The van der Waals surface area contributed by atoms with E-state index in [0.29, 0.717) is 25.1 Å². The minimum atomic E-state index is -1.81. The molecule has 2 unspecified atom stereocenters. The van der Waals surface area contributed by atoms with Crippen LogP contribution in [0.4, 0.5) is 0 Å². The largest absolute Gasteiger partial charge is 0.455 e. The number of esters is 1. The second-order valence-corrected chi connectivity index (χ2v) is 22.0. The third-order valence-electron chi connectivity index (χ3n) is 11.1. The Hall–Kier alpha value is -3.57. The van der Waals surface area contributed by atoms with E-state index < -0.39 is 49.6 Å². The predicted octanol–water partition coefficient (Wildman–Crippen LogP) is 6.16. The van der Waals surface area contributed by atoms with Gasteiger partial charge in [0.15, 0.2) is 0 Å². The van der Waals surface area contributed by atoms with Gasteiger partial charge < -0.3 is 15.4 Å². The van der Waals surface area contributed by atoms with Crippen LogP contribution in [0.15, 0.2) is 36.4 Å². The highest BCUT2D eigenvalue weighted by Gasteiger charge is 2.45. The maximum atomic E-state index is 14.5. The lowest BCUT2D eigenvalue weighted by atomic mass is 9.77. The van der Waals surface area contributed by atoms with Crippen LogP contribution >= 0.6 is 0 Å². The normalized spacial score (nSPS) is 27.8. The Morgan fingerprint density at radius 3 is 2.37 bits per heavy atom. The van der Waals surface area contributed by atoms with Gasteiger partial charge in [-0.1, -0.05) is 91.0 Å². The van der Waals surface area contributed by atoms with Gasteiger partial charge in [0, 0.05) is 11.9 Å². The smallest absolute Gasteiger partial charge is 0.325 e. The van der Waals surface area contributed by atoms with E-state index in [1.165, 1.54) is 5.01 Å². The number of carbonyl (C=O) groups excluding carboxylic acids is 4. The van der Waals surface area contributed by atoms with Crippen molar-refractivity contribution >= 4 is 48.7 Å². The fourth-order valence-corrected chi connectivity index (χ4v) is 8.93. The molecule has 4 rings (SSSR count). The Bertz CT molecular complexity index is 1600. The van der Waals surface area contributed by atoms with Crippen molar-refractivity contribution in [3.05, 3.63) is 47.7 Å². The Labute approximate surface area is 293 Å². The Morgan fingerprint density at radius 2 is 1.71 bits per heavy atom. The lowest BCUT2D eigenvalue weighted by Crippen LogP contribution is -2.61. The van der Waals surface area contributed by atoms with Gasteiger partial charge in [0.1, 0.15) is 24.2 Å². The van der Waals surface area contributed by atoms with Crippen molar-refractivity contribution < 1.29 is 23.9 Å². The van der Waals surface area contributed by atoms with Gasteiger partial charge in [-0.25, -0.2) is 10.4 Å². The summed E-state index contributed by atoms with van der Waals surface area (Å²) < 4.78 is 5.84. The summed E-state index contributed by atoms with van der Waals surface area (Å²) in [6.07, 6.45) is 4.41. The van der Waals surface area contributed by atoms with Crippen LogP contribution in [0.5, 0.6) is 0 Å². The van der Waals surface area contributed by atoms with Crippen LogP contribution in [0, 0.1) is 17.3 Å². The predicted molar refractivity (Wildman–Crippen MR) is 197 cm³/mol. The van der Waals surface area contributed by atoms with E-state index in [0.717, 1.165) is 22.5 Å². The number of ether oxygens (including phenoxy) is 1. The van der Waals surface area contributed by atoms with E-state index in [1.54, 1.807) is 13.8 Å². The topological polar surface area (TPSA) is 130 Å². The zero-order chi connectivity index (χ0) is 36.5. The summed E-state index contributed by atoms with van der Waals surface area (Å²) >= 11 is 0. The van der Waals surface area contributed by atoms with Gasteiger partial charge in [-0.3, -0.25) is 24.2 Å². The van der Waals surface area contributed by atoms with E-state index in [2.05, 4.69) is 56.8 Å². The first-order valence-corrected chi connectivity index (χ1v) is 20.9.